The fourth-order valence-corrected chi connectivity index (χ4v) is 6.13. The van der Waals surface area contributed by atoms with Gasteiger partial charge in [-0.05, 0) is 43.4 Å². The molecule has 0 bridgehead atoms. The molecule has 1 saturated carbocycles. The number of nitrogens with one attached hydrogen (secondary N) is 1. The Morgan fingerprint density at radius 2 is 1.69 bits per heavy atom. The van der Waals surface area contributed by atoms with Gasteiger partial charge in [-0.25, -0.2) is 0 Å². The van der Waals surface area contributed by atoms with Gasteiger partial charge in [0.15, 0.2) is 11.5 Å². The van der Waals surface area contributed by atoms with Crippen molar-refractivity contribution in [2.75, 3.05) is 40.2 Å². The lowest BCUT2D eigenvalue weighted by atomic mass is 9.91. The van der Waals surface area contributed by atoms with E-state index in [-0.39, 0.29) is 18.7 Å². The lowest BCUT2D eigenvalue weighted by molar-refractivity contribution is 0.186. The molecule has 0 aliphatic heterocycles. The maximum atomic E-state index is 12.6. The molecule has 2 rings (SSSR count). The lowest BCUT2D eigenvalue weighted by Gasteiger charge is -2.25. The second kappa shape index (κ2) is 11.2. The predicted molar refractivity (Wildman–Crippen MR) is 115 cm³/mol. The monoisotopic (exact) mass is 429 g/mol. The molecule has 3 N–H and O–H groups in total. The fraction of sp³-hybridized carbons (Fsp3) is 0.714. The van der Waals surface area contributed by atoms with Crippen LogP contribution in [0.5, 0.6) is 17.2 Å². The van der Waals surface area contributed by atoms with E-state index in [2.05, 4.69) is 5.32 Å². The van der Waals surface area contributed by atoms with Crippen molar-refractivity contribution in [2.24, 2.45) is 5.92 Å². The van der Waals surface area contributed by atoms with Crippen LogP contribution in [0.4, 0.5) is 0 Å². The molecule has 1 aromatic carbocycles. The van der Waals surface area contributed by atoms with E-state index in [1.165, 1.54) is 6.42 Å². The highest BCUT2D eigenvalue weighted by Crippen LogP contribution is 2.46. The molecule has 1 aliphatic rings. The van der Waals surface area contributed by atoms with Crippen molar-refractivity contribution in [2.45, 2.75) is 51.2 Å². The first kappa shape index (κ1) is 24.0. The summed E-state index contributed by atoms with van der Waals surface area (Å²) < 4.78 is 28.7. The quantitative estimate of drug-likeness (QED) is 0.463. The topological polar surface area (TPSA) is 97.2 Å². The molecule has 0 heterocycles. The molecule has 1 unspecified atom stereocenters. The number of rotatable bonds is 11. The molecule has 7 nitrogen and oxygen atoms in total. The van der Waals surface area contributed by atoms with Crippen LogP contribution in [0.2, 0.25) is 0 Å². The second-order valence-electron chi connectivity index (χ2n) is 7.96. The van der Waals surface area contributed by atoms with Gasteiger partial charge in [0.25, 0.3) is 0 Å². The van der Waals surface area contributed by atoms with Crippen LogP contribution in [0.1, 0.15) is 50.6 Å². The van der Waals surface area contributed by atoms with Crippen LogP contribution >= 0.6 is 7.37 Å². The first-order valence-electron chi connectivity index (χ1n) is 10.3. The van der Waals surface area contributed by atoms with Crippen molar-refractivity contribution in [3.05, 3.63) is 17.7 Å². The molecule has 8 heteroatoms. The van der Waals surface area contributed by atoms with E-state index in [9.17, 15) is 14.6 Å². The first-order chi connectivity index (χ1) is 13.8. The molecule has 1 fully saturated rings. The molecule has 0 radical (unpaired) electrons. The summed E-state index contributed by atoms with van der Waals surface area (Å²) >= 11 is 0. The molecule has 0 aromatic heterocycles. The van der Waals surface area contributed by atoms with Crippen LogP contribution in [-0.4, -0.2) is 56.3 Å². The molecular formula is C21H36NO6P. The van der Waals surface area contributed by atoms with Crippen molar-refractivity contribution in [1.82, 2.24) is 5.32 Å². The Morgan fingerprint density at radius 1 is 1.10 bits per heavy atom. The zero-order valence-electron chi connectivity index (χ0n) is 18.0. The standard InChI is InChI=1S/C21H36NO6P/c1-15(17-10-19(26-2)21(28-4)20(11-17)27-3)22-12-18(23)14-29(24,25)13-16-8-6-5-7-9-16/h10-11,15-16,18,22-23H,5-9,12-14H2,1-4H3,(H,24,25)/t15-,18+/m1/s1. The summed E-state index contributed by atoms with van der Waals surface area (Å²) in [5.74, 6) is 1.96. The van der Waals surface area contributed by atoms with Crippen molar-refractivity contribution in [3.63, 3.8) is 0 Å². The van der Waals surface area contributed by atoms with E-state index in [0.717, 1.165) is 31.2 Å². The highest BCUT2D eigenvalue weighted by Gasteiger charge is 2.28. The summed E-state index contributed by atoms with van der Waals surface area (Å²) in [6.45, 7) is 2.18. The Bertz CT molecular complexity index is 667. The van der Waals surface area contributed by atoms with Crippen LogP contribution in [0.3, 0.4) is 0 Å². The van der Waals surface area contributed by atoms with Gasteiger partial charge >= 0.3 is 0 Å². The van der Waals surface area contributed by atoms with Crippen LogP contribution in [-0.2, 0) is 4.57 Å². The largest absolute Gasteiger partial charge is 0.493 e. The summed E-state index contributed by atoms with van der Waals surface area (Å²) in [7, 11) is 1.35. The third-order valence-electron chi connectivity index (χ3n) is 5.61. The van der Waals surface area contributed by atoms with E-state index in [0.29, 0.717) is 29.3 Å². The SMILES string of the molecule is COc1cc([C@@H](C)NC[C@H](O)CP(=O)(O)CC2CCCCC2)cc(OC)c1OC. The van der Waals surface area contributed by atoms with Gasteiger partial charge in [0.2, 0.25) is 13.1 Å². The predicted octanol–water partition coefficient (Wildman–Crippen LogP) is 3.57. The van der Waals surface area contributed by atoms with Gasteiger partial charge in [0, 0.05) is 18.7 Å². The Kier molecular flexibility index (Phi) is 9.28. The van der Waals surface area contributed by atoms with E-state index in [1.54, 1.807) is 21.3 Å². The molecule has 29 heavy (non-hydrogen) atoms. The number of ether oxygens (including phenoxy) is 3. The number of hydrogen-bond donors (Lipinski definition) is 3. The Labute approximate surface area is 174 Å². The van der Waals surface area contributed by atoms with Crippen LogP contribution in [0.15, 0.2) is 12.1 Å². The van der Waals surface area contributed by atoms with E-state index in [1.807, 2.05) is 19.1 Å². The third kappa shape index (κ3) is 7.18. The third-order valence-corrected chi connectivity index (χ3v) is 7.69. The molecule has 0 saturated heterocycles. The van der Waals surface area contributed by atoms with Gasteiger partial charge in [-0.2, -0.15) is 0 Å². The normalized spacial score (nSPS) is 19.2. The zero-order chi connectivity index (χ0) is 21.4. The maximum Gasteiger partial charge on any atom is 0.203 e. The Hall–Kier alpha value is -1.27. The fourth-order valence-electron chi connectivity index (χ4n) is 4.02. The summed E-state index contributed by atoms with van der Waals surface area (Å²) in [6.07, 6.45) is 4.93. The van der Waals surface area contributed by atoms with E-state index >= 15 is 0 Å². The molecular weight excluding hydrogens is 393 g/mol. The number of hydrogen-bond acceptors (Lipinski definition) is 6. The highest BCUT2D eigenvalue weighted by atomic mass is 31.2. The number of methoxy groups -OCH3 is 3. The lowest BCUT2D eigenvalue weighted by Crippen LogP contribution is -2.32. The minimum absolute atomic E-state index is 0.0710. The smallest absolute Gasteiger partial charge is 0.203 e. The second-order valence-corrected chi connectivity index (χ2v) is 10.4. The number of benzene rings is 1. The van der Waals surface area contributed by atoms with Gasteiger partial charge in [0.05, 0.1) is 33.6 Å². The van der Waals surface area contributed by atoms with Crippen molar-refractivity contribution < 1.29 is 28.8 Å². The molecule has 0 spiro atoms. The van der Waals surface area contributed by atoms with Gasteiger partial charge < -0.3 is 29.5 Å². The molecule has 0 amide bonds. The molecule has 1 aromatic rings. The van der Waals surface area contributed by atoms with Crippen molar-refractivity contribution >= 4 is 7.37 Å². The average molecular weight is 429 g/mol. The van der Waals surface area contributed by atoms with Crippen molar-refractivity contribution in [3.8, 4) is 17.2 Å². The minimum atomic E-state index is -3.33. The Morgan fingerprint density at radius 3 is 2.21 bits per heavy atom. The maximum absolute atomic E-state index is 12.6. The number of aliphatic hydroxyl groups excluding tert-OH is 1. The van der Waals surface area contributed by atoms with E-state index < -0.39 is 13.5 Å². The zero-order valence-corrected chi connectivity index (χ0v) is 18.9. The van der Waals surface area contributed by atoms with Gasteiger partial charge in [-0.15, -0.1) is 0 Å². The average Bonchev–Trinajstić information content (AvgIpc) is 2.70. The van der Waals surface area contributed by atoms with Gasteiger partial charge in [0.1, 0.15) is 0 Å². The molecule has 166 valence electrons. The molecule has 3 atom stereocenters. The van der Waals surface area contributed by atoms with Gasteiger partial charge in [-0.3, -0.25) is 4.57 Å². The van der Waals surface area contributed by atoms with Crippen molar-refractivity contribution in [1.29, 1.82) is 0 Å². The summed E-state index contributed by atoms with van der Waals surface area (Å²) in [6, 6.07) is 3.59. The molecule has 1 aliphatic carbocycles. The number of aliphatic hydroxyl groups is 1. The van der Waals surface area contributed by atoms with Gasteiger partial charge in [-0.1, -0.05) is 19.3 Å². The Balaban J connectivity index is 1.92. The summed E-state index contributed by atoms with van der Waals surface area (Å²) in [5.41, 5.74) is 0.904. The first-order valence-corrected chi connectivity index (χ1v) is 12.3. The van der Waals surface area contributed by atoms with Crippen LogP contribution in [0.25, 0.3) is 0 Å². The van der Waals surface area contributed by atoms with Crippen LogP contribution < -0.4 is 19.5 Å². The minimum Gasteiger partial charge on any atom is -0.493 e. The summed E-state index contributed by atoms with van der Waals surface area (Å²) in [5, 5.41) is 13.6. The summed E-state index contributed by atoms with van der Waals surface area (Å²) in [4.78, 5) is 10.3. The van der Waals surface area contributed by atoms with Crippen LogP contribution in [0, 0.1) is 5.92 Å². The van der Waals surface area contributed by atoms with E-state index in [4.69, 9.17) is 14.2 Å². The highest BCUT2D eigenvalue weighted by molar-refractivity contribution is 7.58.